The Morgan fingerprint density at radius 2 is 1.95 bits per heavy atom. The molecule has 5 heteroatoms. The van der Waals surface area contributed by atoms with Gasteiger partial charge in [-0.25, -0.2) is 9.69 Å². The van der Waals surface area contributed by atoms with Crippen LogP contribution in [-0.4, -0.2) is 35.3 Å². The van der Waals surface area contributed by atoms with E-state index < -0.39 is 12.0 Å². The number of rotatable bonds is 4. The van der Waals surface area contributed by atoms with Crippen LogP contribution in [0.15, 0.2) is 24.3 Å². The number of hydrogen-bond acceptors (Lipinski definition) is 4. The highest BCUT2D eigenvalue weighted by molar-refractivity contribution is 5.98. The van der Waals surface area contributed by atoms with Gasteiger partial charge in [-0.2, -0.15) is 0 Å². The van der Waals surface area contributed by atoms with E-state index in [2.05, 4.69) is 0 Å². The number of nitrogens with zero attached hydrogens (tertiary/aromatic N) is 1. The molecule has 1 fully saturated rings. The third kappa shape index (κ3) is 3.03. The SMILES string of the molecule is CC(=O)c1cccc([C@@H](C)C(=O)N2C(=O)OC[C@H]2C(C)C)c1. The van der Waals surface area contributed by atoms with Crippen molar-refractivity contribution in [1.29, 1.82) is 0 Å². The Bertz CT molecular complexity index is 608. The van der Waals surface area contributed by atoms with Crippen molar-refractivity contribution in [2.45, 2.75) is 39.7 Å². The molecule has 0 aliphatic carbocycles. The molecular weight excluding hydrogens is 282 g/mol. The zero-order valence-electron chi connectivity index (χ0n) is 13.3. The van der Waals surface area contributed by atoms with Crippen LogP contribution in [0.2, 0.25) is 0 Å². The largest absolute Gasteiger partial charge is 0.447 e. The Labute approximate surface area is 130 Å². The Kier molecular flexibility index (Phi) is 4.64. The van der Waals surface area contributed by atoms with E-state index in [0.29, 0.717) is 5.56 Å². The Morgan fingerprint density at radius 3 is 2.55 bits per heavy atom. The van der Waals surface area contributed by atoms with E-state index >= 15 is 0 Å². The summed E-state index contributed by atoms with van der Waals surface area (Å²) < 4.78 is 5.02. The molecule has 2 amide bonds. The minimum Gasteiger partial charge on any atom is -0.447 e. The fourth-order valence-corrected chi connectivity index (χ4v) is 2.56. The highest BCUT2D eigenvalue weighted by Crippen LogP contribution is 2.26. The average molecular weight is 303 g/mol. The van der Waals surface area contributed by atoms with E-state index in [0.717, 1.165) is 5.56 Å². The molecule has 5 nitrogen and oxygen atoms in total. The van der Waals surface area contributed by atoms with Crippen molar-refractivity contribution in [3.8, 4) is 0 Å². The molecule has 22 heavy (non-hydrogen) atoms. The molecule has 1 aliphatic rings. The summed E-state index contributed by atoms with van der Waals surface area (Å²) in [6.07, 6.45) is -0.585. The minimum atomic E-state index is -0.585. The van der Waals surface area contributed by atoms with E-state index in [1.807, 2.05) is 13.8 Å². The maximum Gasteiger partial charge on any atom is 0.417 e. The summed E-state index contributed by atoms with van der Waals surface area (Å²) in [5.74, 6) is -0.721. The number of carbonyl (C=O) groups is 3. The van der Waals surface area contributed by atoms with Crippen LogP contribution in [0, 0.1) is 5.92 Å². The normalized spacial score (nSPS) is 19.2. The first-order chi connectivity index (χ1) is 10.3. The van der Waals surface area contributed by atoms with Crippen LogP contribution in [0.25, 0.3) is 0 Å². The second-order valence-corrected chi connectivity index (χ2v) is 6.00. The molecule has 118 valence electrons. The summed E-state index contributed by atoms with van der Waals surface area (Å²) in [7, 11) is 0. The summed E-state index contributed by atoms with van der Waals surface area (Å²) >= 11 is 0. The molecular formula is C17H21NO4. The van der Waals surface area contributed by atoms with Crippen LogP contribution >= 0.6 is 0 Å². The van der Waals surface area contributed by atoms with Crippen molar-refractivity contribution in [3.05, 3.63) is 35.4 Å². The maximum absolute atomic E-state index is 12.7. The molecule has 1 saturated heterocycles. The molecule has 0 spiro atoms. The first-order valence-corrected chi connectivity index (χ1v) is 7.43. The molecule has 0 bridgehead atoms. The second kappa shape index (κ2) is 6.30. The fraction of sp³-hybridized carbons (Fsp3) is 0.471. The zero-order chi connectivity index (χ0) is 16.4. The average Bonchev–Trinajstić information content (AvgIpc) is 2.87. The van der Waals surface area contributed by atoms with Gasteiger partial charge in [0.2, 0.25) is 5.91 Å². The summed E-state index contributed by atoms with van der Waals surface area (Å²) in [4.78, 5) is 37.3. The number of amides is 2. The van der Waals surface area contributed by atoms with Gasteiger partial charge in [0.25, 0.3) is 0 Å². The van der Waals surface area contributed by atoms with Gasteiger partial charge in [0.15, 0.2) is 5.78 Å². The summed E-state index contributed by atoms with van der Waals surface area (Å²) in [5.41, 5.74) is 1.28. The van der Waals surface area contributed by atoms with Crippen molar-refractivity contribution in [1.82, 2.24) is 4.90 Å². The molecule has 0 aromatic heterocycles. The van der Waals surface area contributed by atoms with Gasteiger partial charge >= 0.3 is 6.09 Å². The van der Waals surface area contributed by atoms with Crippen molar-refractivity contribution in [3.63, 3.8) is 0 Å². The third-order valence-corrected chi connectivity index (χ3v) is 4.08. The van der Waals surface area contributed by atoms with Gasteiger partial charge in [-0.1, -0.05) is 32.0 Å². The van der Waals surface area contributed by atoms with Gasteiger partial charge in [0.1, 0.15) is 6.61 Å². The first kappa shape index (κ1) is 16.2. The van der Waals surface area contributed by atoms with E-state index in [1.54, 1.807) is 31.2 Å². The zero-order valence-corrected chi connectivity index (χ0v) is 13.3. The predicted molar refractivity (Wildman–Crippen MR) is 81.7 cm³/mol. The Morgan fingerprint density at radius 1 is 1.27 bits per heavy atom. The highest BCUT2D eigenvalue weighted by Gasteiger charge is 2.41. The van der Waals surface area contributed by atoms with Crippen LogP contribution < -0.4 is 0 Å². The number of ketones is 1. The lowest BCUT2D eigenvalue weighted by molar-refractivity contribution is -0.131. The second-order valence-electron chi connectivity index (χ2n) is 6.00. The molecule has 1 heterocycles. The smallest absolute Gasteiger partial charge is 0.417 e. The summed E-state index contributed by atoms with van der Waals surface area (Å²) in [6.45, 7) is 7.37. The molecule has 1 aromatic carbocycles. The highest BCUT2D eigenvalue weighted by atomic mass is 16.6. The van der Waals surface area contributed by atoms with E-state index in [-0.39, 0.29) is 30.3 Å². The van der Waals surface area contributed by atoms with E-state index in [4.69, 9.17) is 4.74 Å². The van der Waals surface area contributed by atoms with Crippen LogP contribution in [0.4, 0.5) is 4.79 Å². The first-order valence-electron chi connectivity index (χ1n) is 7.43. The standard InChI is InChI=1S/C17H21NO4/c1-10(2)15-9-22-17(21)18(15)16(20)11(3)13-6-5-7-14(8-13)12(4)19/h5-8,10-11,15H,9H2,1-4H3/t11-,15+/m1/s1. The number of imide groups is 1. The van der Waals surface area contributed by atoms with Crippen molar-refractivity contribution >= 4 is 17.8 Å². The lowest BCUT2D eigenvalue weighted by atomic mass is 9.95. The number of ether oxygens (including phenoxy) is 1. The van der Waals surface area contributed by atoms with Gasteiger partial charge in [-0.05, 0) is 31.4 Å². The molecule has 1 aliphatic heterocycles. The number of carbonyl (C=O) groups excluding carboxylic acids is 3. The van der Waals surface area contributed by atoms with Gasteiger partial charge < -0.3 is 4.74 Å². The Balaban J connectivity index is 2.26. The quantitative estimate of drug-likeness (QED) is 0.802. The van der Waals surface area contributed by atoms with Crippen LogP contribution in [0.5, 0.6) is 0 Å². The molecule has 0 unspecified atom stereocenters. The number of Topliss-reactive ketones (excluding diaryl/α,β-unsaturated/α-hetero) is 1. The van der Waals surface area contributed by atoms with Gasteiger partial charge in [-0.3, -0.25) is 9.59 Å². The van der Waals surface area contributed by atoms with Crippen molar-refractivity contribution in [2.75, 3.05) is 6.61 Å². The van der Waals surface area contributed by atoms with E-state index in [1.165, 1.54) is 11.8 Å². The summed E-state index contributed by atoms with van der Waals surface area (Å²) in [5, 5.41) is 0. The van der Waals surface area contributed by atoms with Crippen LogP contribution in [-0.2, 0) is 9.53 Å². The monoisotopic (exact) mass is 303 g/mol. The third-order valence-electron chi connectivity index (χ3n) is 4.08. The number of benzene rings is 1. The number of cyclic esters (lactones) is 1. The fourth-order valence-electron chi connectivity index (χ4n) is 2.56. The molecule has 0 radical (unpaired) electrons. The predicted octanol–water partition coefficient (Wildman–Crippen LogP) is 3.00. The molecule has 2 rings (SSSR count). The van der Waals surface area contributed by atoms with Crippen molar-refractivity contribution in [2.24, 2.45) is 5.92 Å². The number of hydrogen-bond donors (Lipinski definition) is 0. The van der Waals surface area contributed by atoms with Crippen LogP contribution in [0.1, 0.15) is 49.5 Å². The topological polar surface area (TPSA) is 63.7 Å². The van der Waals surface area contributed by atoms with Gasteiger partial charge in [0.05, 0.1) is 12.0 Å². The van der Waals surface area contributed by atoms with Gasteiger partial charge in [0, 0.05) is 5.56 Å². The summed E-state index contributed by atoms with van der Waals surface area (Å²) in [6, 6.07) is 6.72. The van der Waals surface area contributed by atoms with Gasteiger partial charge in [-0.15, -0.1) is 0 Å². The molecule has 1 aromatic rings. The van der Waals surface area contributed by atoms with Crippen LogP contribution in [0.3, 0.4) is 0 Å². The Hall–Kier alpha value is -2.17. The van der Waals surface area contributed by atoms with Crippen molar-refractivity contribution < 1.29 is 19.1 Å². The molecule has 0 saturated carbocycles. The molecule has 2 atom stereocenters. The lowest BCUT2D eigenvalue weighted by Crippen LogP contribution is -2.43. The maximum atomic E-state index is 12.7. The lowest BCUT2D eigenvalue weighted by Gasteiger charge is -2.25. The van der Waals surface area contributed by atoms with E-state index in [9.17, 15) is 14.4 Å². The minimum absolute atomic E-state index is 0.0536. The molecule has 0 N–H and O–H groups in total.